The van der Waals surface area contributed by atoms with Crippen LogP contribution < -0.4 is 9.44 Å². The topological polar surface area (TPSA) is 58.2 Å². The van der Waals surface area contributed by atoms with Gasteiger partial charge < -0.3 is 0 Å². The van der Waals surface area contributed by atoms with Crippen molar-refractivity contribution in [3.8, 4) is 0 Å². The fraction of sp³-hybridized carbons (Fsp3) is 0.400. The highest BCUT2D eigenvalue weighted by molar-refractivity contribution is 9.10. The van der Waals surface area contributed by atoms with Crippen LogP contribution in [0, 0.1) is 6.92 Å². The molecule has 0 aromatic heterocycles. The lowest BCUT2D eigenvalue weighted by atomic mass is 10.2. The van der Waals surface area contributed by atoms with E-state index in [2.05, 4.69) is 25.4 Å². The third-order valence-corrected chi connectivity index (χ3v) is 4.10. The summed E-state index contributed by atoms with van der Waals surface area (Å²) in [6, 6.07) is 5.42. The van der Waals surface area contributed by atoms with Gasteiger partial charge in [-0.3, -0.25) is 4.72 Å². The third-order valence-electron chi connectivity index (χ3n) is 1.98. The number of halogens is 1. The van der Waals surface area contributed by atoms with Gasteiger partial charge in [-0.05, 0) is 40.9 Å². The van der Waals surface area contributed by atoms with E-state index in [9.17, 15) is 8.42 Å². The molecule has 0 aliphatic carbocycles. The van der Waals surface area contributed by atoms with E-state index in [0.29, 0.717) is 12.2 Å². The molecule has 16 heavy (non-hydrogen) atoms. The minimum atomic E-state index is -3.47. The Hall–Kier alpha value is -0.590. The van der Waals surface area contributed by atoms with Crippen LogP contribution in [0.25, 0.3) is 0 Å². The Bertz CT molecular complexity index is 460. The summed E-state index contributed by atoms with van der Waals surface area (Å²) in [4.78, 5) is 0. The number of nitrogens with one attached hydrogen (secondary N) is 2. The molecule has 0 amide bonds. The van der Waals surface area contributed by atoms with Gasteiger partial charge in [-0.15, -0.1) is 0 Å². The number of hydrogen-bond acceptors (Lipinski definition) is 2. The van der Waals surface area contributed by atoms with Crippen molar-refractivity contribution in [3.63, 3.8) is 0 Å². The van der Waals surface area contributed by atoms with Gasteiger partial charge in [0, 0.05) is 11.0 Å². The minimum absolute atomic E-state index is 0.429. The molecule has 1 rings (SSSR count). The van der Waals surface area contributed by atoms with Crippen molar-refractivity contribution in [3.05, 3.63) is 28.2 Å². The predicted octanol–water partition coefficient (Wildman–Crippen LogP) is 2.41. The first-order valence-corrected chi connectivity index (χ1v) is 7.26. The van der Waals surface area contributed by atoms with Crippen LogP contribution >= 0.6 is 15.9 Å². The summed E-state index contributed by atoms with van der Waals surface area (Å²) in [6.07, 6.45) is 0.760. The van der Waals surface area contributed by atoms with Crippen LogP contribution in [-0.2, 0) is 10.2 Å². The fourth-order valence-electron chi connectivity index (χ4n) is 1.14. The normalized spacial score (nSPS) is 11.4. The average molecular weight is 307 g/mol. The van der Waals surface area contributed by atoms with E-state index in [0.717, 1.165) is 16.5 Å². The van der Waals surface area contributed by atoms with E-state index in [4.69, 9.17) is 0 Å². The lowest BCUT2D eigenvalue weighted by Crippen LogP contribution is -2.30. The molecule has 0 saturated heterocycles. The molecule has 0 bridgehead atoms. The molecule has 0 aliphatic heterocycles. The molecular weight excluding hydrogens is 292 g/mol. The van der Waals surface area contributed by atoms with E-state index in [1.54, 1.807) is 12.1 Å². The Morgan fingerprint density at radius 3 is 2.69 bits per heavy atom. The summed E-state index contributed by atoms with van der Waals surface area (Å²) >= 11 is 3.35. The number of benzene rings is 1. The third kappa shape index (κ3) is 3.77. The molecule has 0 fully saturated rings. The van der Waals surface area contributed by atoms with Crippen LogP contribution in [0.3, 0.4) is 0 Å². The first-order chi connectivity index (χ1) is 7.46. The van der Waals surface area contributed by atoms with E-state index in [-0.39, 0.29) is 0 Å². The molecule has 0 unspecified atom stereocenters. The van der Waals surface area contributed by atoms with Crippen LogP contribution in [0.15, 0.2) is 22.7 Å². The van der Waals surface area contributed by atoms with Crippen LogP contribution in [0.5, 0.6) is 0 Å². The molecule has 6 heteroatoms. The van der Waals surface area contributed by atoms with Crippen molar-refractivity contribution in [1.29, 1.82) is 0 Å². The van der Waals surface area contributed by atoms with E-state index < -0.39 is 10.2 Å². The molecule has 4 nitrogen and oxygen atoms in total. The zero-order valence-electron chi connectivity index (χ0n) is 9.25. The lowest BCUT2D eigenvalue weighted by molar-refractivity contribution is 0.586. The maximum atomic E-state index is 11.6. The molecule has 0 atom stereocenters. The Morgan fingerprint density at radius 2 is 2.06 bits per heavy atom. The quantitative estimate of drug-likeness (QED) is 0.877. The minimum Gasteiger partial charge on any atom is -0.270 e. The molecule has 0 aliphatic rings. The van der Waals surface area contributed by atoms with Crippen LogP contribution in [0.2, 0.25) is 0 Å². The Balaban J connectivity index is 2.84. The van der Waals surface area contributed by atoms with Gasteiger partial charge in [-0.2, -0.15) is 13.1 Å². The monoisotopic (exact) mass is 306 g/mol. The average Bonchev–Trinajstić information content (AvgIpc) is 2.22. The van der Waals surface area contributed by atoms with Gasteiger partial charge in [0.25, 0.3) is 10.2 Å². The zero-order chi connectivity index (χ0) is 12.2. The second kappa shape index (κ2) is 5.65. The van der Waals surface area contributed by atoms with Crippen molar-refractivity contribution in [1.82, 2.24) is 4.72 Å². The fourth-order valence-corrected chi connectivity index (χ4v) is 2.64. The standard InChI is InChI=1S/C10H15BrN2O2S/c1-3-7-12-16(14,15)13-9-6-4-5-8(2)10(9)11/h4-6,12-13H,3,7H2,1-2H3. The second-order valence-electron chi connectivity index (χ2n) is 3.44. The van der Waals surface area contributed by atoms with Gasteiger partial charge in [0.1, 0.15) is 0 Å². The second-order valence-corrected chi connectivity index (χ2v) is 5.73. The first kappa shape index (κ1) is 13.5. The van der Waals surface area contributed by atoms with Crippen LogP contribution in [-0.4, -0.2) is 15.0 Å². The van der Waals surface area contributed by atoms with Crippen molar-refractivity contribution >= 4 is 31.8 Å². The van der Waals surface area contributed by atoms with Gasteiger partial charge >= 0.3 is 0 Å². The first-order valence-electron chi connectivity index (χ1n) is 4.99. The summed E-state index contributed by atoms with van der Waals surface area (Å²) in [5.74, 6) is 0. The van der Waals surface area contributed by atoms with Crippen molar-refractivity contribution in [2.24, 2.45) is 0 Å². The molecule has 1 aromatic carbocycles. The van der Waals surface area contributed by atoms with E-state index >= 15 is 0 Å². The highest BCUT2D eigenvalue weighted by atomic mass is 79.9. The van der Waals surface area contributed by atoms with Gasteiger partial charge in [-0.1, -0.05) is 19.1 Å². The van der Waals surface area contributed by atoms with Crippen LogP contribution in [0.1, 0.15) is 18.9 Å². The summed E-state index contributed by atoms with van der Waals surface area (Å²) in [7, 11) is -3.47. The number of rotatable bonds is 5. The van der Waals surface area contributed by atoms with E-state index in [1.807, 2.05) is 19.9 Å². The maximum absolute atomic E-state index is 11.6. The maximum Gasteiger partial charge on any atom is 0.299 e. The zero-order valence-corrected chi connectivity index (χ0v) is 11.7. The Morgan fingerprint density at radius 1 is 1.38 bits per heavy atom. The number of aryl methyl sites for hydroxylation is 1. The highest BCUT2D eigenvalue weighted by Gasteiger charge is 2.11. The molecule has 0 radical (unpaired) electrons. The number of anilines is 1. The van der Waals surface area contributed by atoms with Crippen molar-refractivity contribution < 1.29 is 8.42 Å². The predicted molar refractivity (Wildman–Crippen MR) is 69.7 cm³/mol. The summed E-state index contributed by atoms with van der Waals surface area (Å²) in [5, 5.41) is 0. The summed E-state index contributed by atoms with van der Waals surface area (Å²) in [6.45, 7) is 4.24. The Kier molecular flexibility index (Phi) is 4.76. The number of hydrogen-bond donors (Lipinski definition) is 2. The molecule has 1 aromatic rings. The highest BCUT2D eigenvalue weighted by Crippen LogP contribution is 2.26. The summed E-state index contributed by atoms with van der Waals surface area (Å²) < 4.78 is 28.8. The van der Waals surface area contributed by atoms with Gasteiger partial charge in [0.15, 0.2) is 0 Å². The lowest BCUT2D eigenvalue weighted by Gasteiger charge is -2.11. The Labute approximate surface area is 105 Å². The van der Waals surface area contributed by atoms with Crippen molar-refractivity contribution in [2.75, 3.05) is 11.3 Å². The molecular formula is C10H15BrN2O2S. The molecule has 0 spiro atoms. The van der Waals surface area contributed by atoms with E-state index in [1.165, 1.54) is 0 Å². The summed E-state index contributed by atoms with van der Waals surface area (Å²) in [5.41, 5.74) is 1.53. The van der Waals surface area contributed by atoms with Gasteiger partial charge in [0.05, 0.1) is 5.69 Å². The van der Waals surface area contributed by atoms with Gasteiger partial charge in [0.2, 0.25) is 0 Å². The SMILES string of the molecule is CCCNS(=O)(=O)Nc1cccc(C)c1Br. The van der Waals surface area contributed by atoms with Crippen LogP contribution in [0.4, 0.5) is 5.69 Å². The molecule has 2 N–H and O–H groups in total. The smallest absolute Gasteiger partial charge is 0.270 e. The van der Waals surface area contributed by atoms with Crippen molar-refractivity contribution in [2.45, 2.75) is 20.3 Å². The largest absolute Gasteiger partial charge is 0.299 e. The van der Waals surface area contributed by atoms with Gasteiger partial charge in [-0.25, -0.2) is 0 Å². The molecule has 0 saturated carbocycles. The molecule has 0 heterocycles. The molecule has 90 valence electrons.